The van der Waals surface area contributed by atoms with Crippen LogP contribution in [0.2, 0.25) is 0 Å². The first-order chi connectivity index (χ1) is 38.2. The molecule has 2 saturated carbocycles. The fourth-order valence-corrected chi connectivity index (χ4v) is 9.16. The molecule has 15 nitrogen and oxygen atoms in total. The number of anilines is 2. The number of carbonyl (C=O) groups excluding carboxylic acids is 3. The number of ether oxygens (including phenoxy) is 1. The summed E-state index contributed by atoms with van der Waals surface area (Å²) < 4.78 is 8.65. The van der Waals surface area contributed by atoms with Crippen LogP contribution in [0.25, 0.3) is 11.4 Å². The van der Waals surface area contributed by atoms with Crippen molar-refractivity contribution in [3.63, 3.8) is 0 Å². The van der Waals surface area contributed by atoms with Crippen LogP contribution in [0.15, 0.2) is 170 Å². The first-order valence-electron chi connectivity index (χ1n) is 27.1. The Morgan fingerprint density at radius 1 is 0.575 bits per heavy atom. The van der Waals surface area contributed by atoms with E-state index in [0.717, 1.165) is 82.7 Å². The molecule has 2 aliphatic carbocycles. The summed E-state index contributed by atoms with van der Waals surface area (Å²) in [4.78, 5) is 39.0. The number of hydrogen-bond donors (Lipinski definition) is 7. The van der Waals surface area contributed by atoms with E-state index in [4.69, 9.17) is 15.6 Å². The standard InChI is InChI=1S/C34H39N5O3.C29H31N5O.CH4O.ClH/c1-23-18-30(39(38-23)29-15-8-10-25(19-29)22-36-33(41)42-34(2,3)4)32(40)37-28-14-9-13-27(20-28)31(35-21-24-16-17-24)26-11-6-5-7-12-26;1-20-15-27(34(33-20)26-12-5-7-22(16-26)18-30)29(35)32-25-11-6-10-24(17-25)28(31-19-21-13-14-21)23-8-3-2-4-9-23;1-2;/h5-15,18-20,24,31,35H,16-17,21-22H2,1-4H3,(H,36,41)(H,37,40);2-12,15-17,21,28,31H,13-14,18-19,30H2,1H3,(H,32,35);2H,1H3;1H. The van der Waals surface area contributed by atoms with Crippen LogP contribution in [0.3, 0.4) is 0 Å². The number of amides is 3. The highest BCUT2D eigenvalue weighted by atomic mass is 35.5. The van der Waals surface area contributed by atoms with Crippen LogP contribution >= 0.6 is 12.4 Å². The van der Waals surface area contributed by atoms with Crippen LogP contribution in [-0.4, -0.2) is 68.4 Å². The average molecular weight is 1100 g/mol. The lowest BCUT2D eigenvalue weighted by molar-refractivity contribution is 0.0523. The van der Waals surface area contributed by atoms with Gasteiger partial charge in [-0.3, -0.25) is 9.59 Å². The van der Waals surface area contributed by atoms with Gasteiger partial charge in [0.1, 0.15) is 17.0 Å². The molecular weight excluding hydrogens is 1020 g/mol. The van der Waals surface area contributed by atoms with Crippen LogP contribution in [0, 0.1) is 25.7 Å². The maximum absolute atomic E-state index is 13.6. The Kier molecular flexibility index (Phi) is 21.1. The molecule has 8 N–H and O–H groups in total. The summed E-state index contributed by atoms with van der Waals surface area (Å²) in [7, 11) is 1.00. The van der Waals surface area contributed by atoms with Crippen molar-refractivity contribution >= 4 is 41.7 Å². The Morgan fingerprint density at radius 2 is 0.988 bits per heavy atom. The highest BCUT2D eigenvalue weighted by molar-refractivity contribution is 6.04. The predicted octanol–water partition coefficient (Wildman–Crippen LogP) is 11.6. The average Bonchev–Trinajstić information content (AvgIpc) is 4.42. The number of halogens is 1. The van der Waals surface area contributed by atoms with Crippen molar-refractivity contribution in [3.05, 3.63) is 226 Å². The molecule has 8 aromatic rings. The van der Waals surface area contributed by atoms with Gasteiger partial charge in [0.15, 0.2) is 0 Å². The van der Waals surface area contributed by atoms with Gasteiger partial charge >= 0.3 is 6.09 Å². The Labute approximate surface area is 476 Å². The zero-order chi connectivity index (χ0) is 55.9. The second-order valence-corrected chi connectivity index (χ2v) is 21.1. The molecule has 3 amide bonds. The Bertz CT molecular complexity index is 3290. The van der Waals surface area contributed by atoms with Crippen LogP contribution < -0.4 is 32.3 Å². The molecule has 418 valence electrons. The summed E-state index contributed by atoms with van der Waals surface area (Å²) >= 11 is 0. The van der Waals surface area contributed by atoms with Crippen LogP contribution in [0.1, 0.15) is 124 Å². The molecule has 0 saturated heterocycles. The zero-order valence-electron chi connectivity index (χ0n) is 46.5. The molecule has 6 aromatic carbocycles. The largest absolute Gasteiger partial charge is 0.444 e. The Hall–Kier alpha value is -7.92. The summed E-state index contributed by atoms with van der Waals surface area (Å²) in [6, 6.07) is 56.0. The minimum absolute atomic E-state index is 0. The van der Waals surface area contributed by atoms with Gasteiger partial charge in [0.25, 0.3) is 11.8 Å². The summed E-state index contributed by atoms with van der Waals surface area (Å²) in [5, 5.41) is 32.6. The molecule has 0 aliphatic heterocycles. The molecule has 80 heavy (non-hydrogen) atoms. The lowest BCUT2D eigenvalue weighted by atomic mass is 9.98. The van der Waals surface area contributed by atoms with Crippen LogP contribution in [0.4, 0.5) is 16.2 Å². The van der Waals surface area contributed by atoms with Gasteiger partial charge < -0.3 is 42.2 Å². The number of hydrogen-bond acceptors (Lipinski definition) is 10. The van der Waals surface area contributed by atoms with Crippen molar-refractivity contribution in [1.82, 2.24) is 35.5 Å². The van der Waals surface area contributed by atoms with Crippen LogP contribution in [-0.2, 0) is 17.8 Å². The van der Waals surface area contributed by atoms with E-state index in [-0.39, 0.29) is 42.8 Å². The van der Waals surface area contributed by atoms with Gasteiger partial charge in [0.05, 0.1) is 34.8 Å². The van der Waals surface area contributed by atoms with Gasteiger partial charge in [-0.15, -0.1) is 12.4 Å². The number of aryl methyl sites for hydroxylation is 2. The highest BCUT2D eigenvalue weighted by Crippen LogP contribution is 2.33. The third-order valence-corrected chi connectivity index (χ3v) is 13.3. The van der Waals surface area contributed by atoms with Crippen molar-refractivity contribution in [2.75, 3.05) is 30.8 Å². The van der Waals surface area contributed by atoms with Gasteiger partial charge in [-0.25, -0.2) is 14.2 Å². The monoisotopic (exact) mass is 1100 g/mol. The predicted molar refractivity (Wildman–Crippen MR) is 320 cm³/mol. The lowest BCUT2D eigenvalue weighted by Gasteiger charge is -2.21. The molecule has 10 rings (SSSR count). The number of aliphatic hydroxyl groups excluding tert-OH is 1. The van der Waals surface area contributed by atoms with Crippen molar-refractivity contribution < 1.29 is 24.2 Å². The van der Waals surface area contributed by atoms with E-state index in [1.165, 1.54) is 36.8 Å². The van der Waals surface area contributed by atoms with E-state index in [0.29, 0.717) is 23.6 Å². The SMILES string of the molecule is CO.Cc1cc(C(=O)Nc2cccc(C(NCC3CC3)c3ccccc3)c2)n(-c2cccc(CN)c2)n1.Cc1cc(C(=O)Nc2cccc(C(NCC3CC3)c3ccccc3)c2)n(-c2cccc(CNC(=O)OC(C)(C)C)c2)n1.Cl. The minimum atomic E-state index is -0.574. The smallest absolute Gasteiger partial charge is 0.407 e. The lowest BCUT2D eigenvalue weighted by Crippen LogP contribution is -2.32. The third kappa shape index (κ3) is 17.0. The molecule has 2 heterocycles. The fourth-order valence-electron chi connectivity index (χ4n) is 9.16. The normalized spacial score (nSPS) is 13.4. The maximum atomic E-state index is 13.6. The van der Waals surface area contributed by atoms with E-state index in [9.17, 15) is 14.4 Å². The van der Waals surface area contributed by atoms with Crippen molar-refractivity contribution in [1.29, 1.82) is 0 Å². The van der Waals surface area contributed by atoms with Crippen molar-refractivity contribution in [3.8, 4) is 11.4 Å². The number of alkyl carbamates (subject to hydrolysis) is 1. The Balaban J connectivity index is 0.000000225. The first-order valence-corrected chi connectivity index (χ1v) is 27.1. The molecule has 0 spiro atoms. The highest BCUT2D eigenvalue weighted by Gasteiger charge is 2.26. The van der Waals surface area contributed by atoms with Crippen molar-refractivity contribution in [2.45, 2.75) is 91.1 Å². The van der Waals surface area contributed by atoms with E-state index in [2.05, 4.69) is 104 Å². The molecule has 2 unspecified atom stereocenters. The molecule has 2 atom stereocenters. The number of aliphatic hydroxyl groups is 1. The first kappa shape index (κ1) is 59.7. The molecule has 2 aliphatic rings. The number of benzene rings is 6. The summed E-state index contributed by atoms with van der Waals surface area (Å²) in [6.45, 7) is 11.9. The van der Waals surface area contributed by atoms with Gasteiger partial charge in [-0.05, 0) is 179 Å². The van der Waals surface area contributed by atoms with Gasteiger partial charge in [0.2, 0.25) is 0 Å². The number of nitrogens with two attached hydrogens (primary N) is 1. The van der Waals surface area contributed by atoms with Crippen LogP contribution in [0.5, 0.6) is 0 Å². The minimum Gasteiger partial charge on any atom is -0.444 e. The van der Waals surface area contributed by atoms with E-state index in [1.54, 1.807) is 21.5 Å². The molecule has 0 bridgehead atoms. The molecular formula is C64H75ClN10O5. The second-order valence-electron chi connectivity index (χ2n) is 21.1. The molecule has 16 heteroatoms. The summed E-state index contributed by atoms with van der Waals surface area (Å²) in [5.74, 6) is 1.05. The maximum Gasteiger partial charge on any atom is 0.407 e. The van der Waals surface area contributed by atoms with Gasteiger partial charge in [-0.2, -0.15) is 10.2 Å². The Morgan fingerprint density at radius 3 is 1.41 bits per heavy atom. The molecule has 2 fully saturated rings. The van der Waals surface area contributed by atoms with Gasteiger partial charge in [0, 0.05) is 31.6 Å². The zero-order valence-corrected chi connectivity index (χ0v) is 47.3. The van der Waals surface area contributed by atoms with E-state index in [1.807, 2.05) is 126 Å². The third-order valence-electron chi connectivity index (χ3n) is 13.3. The van der Waals surface area contributed by atoms with E-state index < -0.39 is 11.7 Å². The van der Waals surface area contributed by atoms with Crippen molar-refractivity contribution in [2.24, 2.45) is 17.6 Å². The fraction of sp³-hybridized carbons (Fsp3) is 0.297. The second kappa shape index (κ2) is 28.3. The summed E-state index contributed by atoms with van der Waals surface area (Å²) in [6.07, 6.45) is 4.67. The number of carbonyl (C=O) groups is 3. The molecule has 2 aromatic heterocycles. The quantitative estimate of drug-likeness (QED) is 0.0408. The topological polar surface area (TPSA) is 202 Å². The van der Waals surface area contributed by atoms with Gasteiger partial charge in [-0.1, -0.05) is 109 Å². The summed E-state index contributed by atoms with van der Waals surface area (Å²) in [5.41, 5.74) is 17.1. The van der Waals surface area contributed by atoms with E-state index >= 15 is 0 Å². The number of nitrogens with one attached hydrogen (secondary N) is 5. The molecule has 0 radical (unpaired) electrons. The number of rotatable bonds is 19. The number of nitrogens with zero attached hydrogens (tertiary/aromatic N) is 4. The number of aromatic nitrogens is 4.